The Hall–Kier alpha value is -3.63. The van der Waals surface area contributed by atoms with E-state index < -0.39 is 0 Å². The van der Waals surface area contributed by atoms with Crippen molar-refractivity contribution in [2.45, 2.75) is 50.4 Å². The molecule has 2 aliphatic heterocycles. The molecule has 10 heteroatoms. The lowest BCUT2D eigenvalue weighted by Gasteiger charge is -2.39. The number of hydrogen-bond donors (Lipinski definition) is 1. The number of fused-ring (bicyclic) bond motifs is 4. The number of imidazole rings is 1. The molecule has 3 aromatic heterocycles. The van der Waals surface area contributed by atoms with E-state index >= 15 is 0 Å². The van der Waals surface area contributed by atoms with Gasteiger partial charge in [-0.05, 0) is 67.9 Å². The predicted octanol–water partition coefficient (Wildman–Crippen LogP) is 3.41. The zero-order valence-corrected chi connectivity index (χ0v) is 23.9. The zero-order chi connectivity index (χ0) is 28.0. The Labute approximate surface area is 239 Å². The number of pyridine rings is 1. The van der Waals surface area contributed by atoms with Gasteiger partial charge in [-0.15, -0.1) is 0 Å². The smallest absolute Gasteiger partial charge is 0.254 e. The van der Waals surface area contributed by atoms with Crippen LogP contribution in [0.3, 0.4) is 0 Å². The van der Waals surface area contributed by atoms with Crippen LogP contribution in [0.2, 0.25) is 0 Å². The van der Waals surface area contributed by atoms with Crippen molar-refractivity contribution in [1.82, 2.24) is 24.0 Å². The normalized spacial score (nSPS) is 24.1. The summed E-state index contributed by atoms with van der Waals surface area (Å²) in [6.45, 7) is 3.37. The summed E-state index contributed by atoms with van der Waals surface area (Å²) in [5, 5.41) is 1.10. The van der Waals surface area contributed by atoms with Gasteiger partial charge in [0.2, 0.25) is 0 Å². The highest BCUT2D eigenvalue weighted by molar-refractivity contribution is 6.00. The van der Waals surface area contributed by atoms with Crippen LogP contribution in [0.1, 0.15) is 36.0 Å². The van der Waals surface area contributed by atoms with Crippen molar-refractivity contribution in [2.24, 2.45) is 24.6 Å². The number of benzene rings is 1. The average molecular weight is 556 g/mol. The number of anilines is 1. The summed E-state index contributed by atoms with van der Waals surface area (Å²) in [4.78, 5) is 28.1. The highest BCUT2D eigenvalue weighted by atomic mass is 16.5. The fraction of sp³-hybridized carbons (Fsp3) is 0.516. The molecule has 2 N–H and O–H groups in total. The molecule has 2 unspecified atom stereocenters. The molecular weight excluding hydrogens is 518 g/mol. The van der Waals surface area contributed by atoms with E-state index in [0.29, 0.717) is 23.1 Å². The van der Waals surface area contributed by atoms with Crippen LogP contribution in [-0.2, 0) is 18.3 Å². The van der Waals surface area contributed by atoms with Gasteiger partial charge < -0.3 is 34.1 Å². The summed E-state index contributed by atoms with van der Waals surface area (Å²) in [6.07, 6.45) is 4.84. The molecule has 10 nitrogen and oxygen atoms in total. The Kier molecular flexibility index (Phi) is 5.63. The van der Waals surface area contributed by atoms with E-state index in [1.807, 2.05) is 24.1 Å². The molecule has 2 bridgehead atoms. The van der Waals surface area contributed by atoms with Gasteiger partial charge in [-0.25, -0.2) is 9.97 Å². The molecule has 4 fully saturated rings. The molecule has 4 aliphatic rings. The van der Waals surface area contributed by atoms with Crippen LogP contribution in [0, 0.1) is 11.8 Å². The SMILES string of the molecule is COc1cc(C(=O)N2CC3CCC2[C@@H]3N)cc2nc(-c3cc4ccc(N5CC(OC)C5)nc4n3CC3CC3)n(C)c12. The molecule has 3 atom stereocenters. The first kappa shape index (κ1) is 25.1. The standard InChI is InChI=1S/C31H37N7O3/c1-35-28-22(10-20(12-25(28)41-3)31(39)38-14-19-6-8-23(38)27(19)32)33-30(35)24-11-18-7-9-26(36-15-21(16-36)40-2)34-29(18)37(24)13-17-4-5-17/h7,9-12,17,19,21,23,27H,4-6,8,13-16,32H2,1-3H3/t19?,23?,27-/m1/s1. The van der Waals surface area contributed by atoms with Crippen LogP contribution in [0.15, 0.2) is 30.3 Å². The minimum atomic E-state index is 0.0151. The molecule has 4 aromatic rings. The fourth-order valence-electron chi connectivity index (χ4n) is 7.26. The molecule has 8 rings (SSSR count). The van der Waals surface area contributed by atoms with E-state index in [-0.39, 0.29) is 24.1 Å². The Morgan fingerprint density at radius 1 is 1.05 bits per heavy atom. The number of carbonyl (C=O) groups excluding carboxylic acids is 1. The molecule has 5 heterocycles. The minimum Gasteiger partial charge on any atom is -0.494 e. The summed E-state index contributed by atoms with van der Waals surface area (Å²) >= 11 is 0. The number of piperidine rings is 1. The first-order chi connectivity index (χ1) is 19.9. The highest BCUT2D eigenvalue weighted by Crippen LogP contribution is 2.40. The maximum Gasteiger partial charge on any atom is 0.254 e. The summed E-state index contributed by atoms with van der Waals surface area (Å²) in [5.74, 6) is 3.55. The molecule has 1 amide bonds. The maximum absolute atomic E-state index is 13.7. The van der Waals surface area contributed by atoms with Crippen molar-refractivity contribution in [3.63, 3.8) is 0 Å². The van der Waals surface area contributed by atoms with E-state index in [0.717, 1.165) is 78.4 Å². The predicted molar refractivity (Wildman–Crippen MR) is 157 cm³/mol. The first-order valence-electron chi connectivity index (χ1n) is 14.8. The van der Waals surface area contributed by atoms with E-state index in [1.165, 1.54) is 12.8 Å². The van der Waals surface area contributed by atoms with Crippen LogP contribution in [0.4, 0.5) is 5.82 Å². The first-order valence-corrected chi connectivity index (χ1v) is 14.8. The van der Waals surface area contributed by atoms with Crippen LogP contribution in [-0.4, -0.2) is 82.0 Å². The number of rotatable bonds is 7. The fourth-order valence-corrected chi connectivity index (χ4v) is 7.26. The topological polar surface area (TPSA) is 104 Å². The number of aryl methyl sites for hydroxylation is 1. The van der Waals surface area contributed by atoms with Crippen LogP contribution >= 0.6 is 0 Å². The summed E-state index contributed by atoms with van der Waals surface area (Å²) in [6, 6.07) is 10.5. The quantitative estimate of drug-likeness (QED) is 0.373. The zero-order valence-electron chi connectivity index (χ0n) is 23.9. The monoisotopic (exact) mass is 555 g/mol. The third-order valence-electron chi connectivity index (χ3n) is 9.92. The van der Waals surface area contributed by atoms with Crippen LogP contribution < -0.4 is 15.4 Å². The van der Waals surface area contributed by atoms with Gasteiger partial charge in [0, 0.05) is 63.4 Å². The third-order valence-corrected chi connectivity index (χ3v) is 9.92. The van der Waals surface area contributed by atoms with Crippen molar-refractivity contribution >= 4 is 33.8 Å². The van der Waals surface area contributed by atoms with Gasteiger partial charge in [0.05, 0.1) is 24.4 Å². The number of nitrogens with zero attached hydrogens (tertiary/aromatic N) is 6. The molecule has 2 aliphatic carbocycles. The van der Waals surface area contributed by atoms with Crippen molar-refractivity contribution in [2.75, 3.05) is 38.8 Å². The number of aromatic nitrogens is 4. The average Bonchev–Trinajstić information content (AvgIpc) is 3.36. The van der Waals surface area contributed by atoms with Gasteiger partial charge in [0.15, 0.2) is 5.82 Å². The number of carbonyl (C=O) groups is 1. The van der Waals surface area contributed by atoms with Gasteiger partial charge in [-0.1, -0.05) is 0 Å². The Balaban J connectivity index is 1.21. The summed E-state index contributed by atoms with van der Waals surface area (Å²) in [7, 11) is 5.45. The highest BCUT2D eigenvalue weighted by Gasteiger charge is 2.47. The van der Waals surface area contributed by atoms with Crippen LogP contribution in [0.5, 0.6) is 5.75 Å². The molecule has 1 aromatic carbocycles. The molecule has 0 spiro atoms. The van der Waals surface area contributed by atoms with Gasteiger partial charge in [-0.3, -0.25) is 4.79 Å². The Morgan fingerprint density at radius 3 is 2.56 bits per heavy atom. The summed E-state index contributed by atoms with van der Waals surface area (Å²) < 4.78 is 15.8. The molecule has 41 heavy (non-hydrogen) atoms. The Morgan fingerprint density at radius 2 is 1.88 bits per heavy atom. The van der Waals surface area contributed by atoms with E-state index in [1.54, 1.807) is 14.2 Å². The van der Waals surface area contributed by atoms with Crippen molar-refractivity contribution in [3.05, 3.63) is 35.9 Å². The molecular formula is C31H37N7O3. The largest absolute Gasteiger partial charge is 0.494 e. The number of hydrogen-bond acceptors (Lipinski definition) is 7. The number of likely N-dealkylation sites (tertiary alicyclic amines) is 1. The molecule has 2 saturated heterocycles. The summed E-state index contributed by atoms with van der Waals surface area (Å²) in [5.41, 5.74) is 10.7. The minimum absolute atomic E-state index is 0.0151. The lowest BCUT2D eigenvalue weighted by molar-refractivity contribution is 0.0700. The maximum atomic E-state index is 13.7. The number of ether oxygens (including phenoxy) is 2. The second kappa shape index (κ2) is 9.19. The molecule has 2 saturated carbocycles. The lowest BCUT2D eigenvalue weighted by Crippen LogP contribution is -2.52. The van der Waals surface area contributed by atoms with Gasteiger partial charge >= 0.3 is 0 Å². The molecule has 0 radical (unpaired) electrons. The second-order valence-electron chi connectivity index (χ2n) is 12.4. The third kappa shape index (κ3) is 3.87. The lowest BCUT2D eigenvalue weighted by atomic mass is 10.1. The van der Waals surface area contributed by atoms with Gasteiger partial charge in [-0.2, -0.15) is 0 Å². The van der Waals surface area contributed by atoms with E-state index in [9.17, 15) is 4.79 Å². The van der Waals surface area contributed by atoms with Crippen molar-refractivity contribution in [1.29, 1.82) is 0 Å². The number of nitrogens with two attached hydrogens (primary N) is 1. The van der Waals surface area contributed by atoms with Gasteiger partial charge in [0.1, 0.15) is 22.7 Å². The number of amides is 1. The number of methoxy groups -OCH3 is 2. The second-order valence-corrected chi connectivity index (χ2v) is 12.4. The Bertz CT molecular complexity index is 1680. The van der Waals surface area contributed by atoms with Gasteiger partial charge in [0.25, 0.3) is 5.91 Å². The van der Waals surface area contributed by atoms with Crippen molar-refractivity contribution in [3.8, 4) is 17.3 Å². The van der Waals surface area contributed by atoms with E-state index in [2.05, 4.69) is 32.2 Å². The van der Waals surface area contributed by atoms with Crippen LogP contribution in [0.25, 0.3) is 33.6 Å². The van der Waals surface area contributed by atoms with Crippen molar-refractivity contribution < 1.29 is 14.3 Å². The molecule has 214 valence electrons. The van der Waals surface area contributed by atoms with E-state index in [4.69, 9.17) is 25.2 Å².